The van der Waals surface area contributed by atoms with Crippen LogP contribution in [0.5, 0.6) is 0 Å². The van der Waals surface area contributed by atoms with Crippen molar-refractivity contribution in [3.05, 3.63) is 108 Å². The van der Waals surface area contributed by atoms with Gasteiger partial charge >= 0.3 is 0 Å². The van der Waals surface area contributed by atoms with Crippen molar-refractivity contribution < 1.29 is 9.59 Å². The molecule has 41 heavy (non-hydrogen) atoms. The minimum Gasteiger partial charge on any atom is -0.387 e. The Kier molecular flexibility index (Phi) is 10.9. The average molecular weight is 549 g/mol. The van der Waals surface area contributed by atoms with Crippen LogP contribution in [0, 0.1) is 13.0 Å². The number of hydrogen-bond acceptors (Lipinski definition) is 4. The maximum atomic E-state index is 13.2. The van der Waals surface area contributed by atoms with Gasteiger partial charge in [-0.1, -0.05) is 68.4 Å². The molecule has 6 nitrogen and oxygen atoms in total. The van der Waals surface area contributed by atoms with Gasteiger partial charge in [-0.3, -0.25) is 9.59 Å². The molecule has 212 valence electrons. The van der Waals surface area contributed by atoms with Gasteiger partial charge in [-0.25, -0.2) is 4.99 Å². The van der Waals surface area contributed by atoms with Crippen LogP contribution >= 0.6 is 0 Å². The number of hydrogen-bond donors (Lipinski definition) is 2. The van der Waals surface area contributed by atoms with Crippen LogP contribution in [0.3, 0.4) is 0 Å². The van der Waals surface area contributed by atoms with Crippen LogP contribution in [-0.2, 0) is 11.2 Å². The van der Waals surface area contributed by atoms with E-state index < -0.39 is 0 Å². The molecule has 0 aliphatic carbocycles. The lowest BCUT2D eigenvalue weighted by Crippen LogP contribution is -2.34. The molecule has 1 aliphatic rings. The Morgan fingerprint density at radius 1 is 0.927 bits per heavy atom. The van der Waals surface area contributed by atoms with Gasteiger partial charge in [0, 0.05) is 42.8 Å². The summed E-state index contributed by atoms with van der Waals surface area (Å²) in [6.45, 7) is 7.44. The molecule has 2 radical (unpaired) electrons. The van der Waals surface area contributed by atoms with E-state index in [2.05, 4.69) is 42.7 Å². The van der Waals surface area contributed by atoms with Gasteiger partial charge in [0.2, 0.25) is 5.91 Å². The number of amides is 2. The smallest absolute Gasteiger partial charge is 0.251 e. The number of nitrogens with two attached hydrogens (primary N) is 1. The van der Waals surface area contributed by atoms with Crippen molar-refractivity contribution in [1.82, 2.24) is 10.2 Å². The Morgan fingerprint density at radius 3 is 2.34 bits per heavy atom. The van der Waals surface area contributed by atoms with E-state index in [4.69, 9.17) is 5.73 Å². The van der Waals surface area contributed by atoms with Crippen LogP contribution in [0.2, 0.25) is 0 Å². The van der Waals surface area contributed by atoms with Crippen LogP contribution in [0.25, 0.3) is 17.2 Å². The Morgan fingerprint density at radius 2 is 1.63 bits per heavy atom. The molecule has 3 N–H and O–H groups in total. The highest BCUT2D eigenvalue weighted by molar-refractivity contribution is 6.05. The summed E-state index contributed by atoms with van der Waals surface area (Å²) >= 11 is 0. The molecule has 0 bridgehead atoms. The Hall–Kier alpha value is -4.19. The van der Waals surface area contributed by atoms with Crippen molar-refractivity contribution in [3.8, 4) is 11.1 Å². The number of rotatable bonds is 13. The van der Waals surface area contributed by atoms with Crippen LogP contribution in [0.4, 0.5) is 5.69 Å². The number of fused-ring (bicyclic) bond motifs is 1. The van der Waals surface area contributed by atoms with E-state index in [1.807, 2.05) is 78.2 Å². The monoisotopic (exact) mass is 548 g/mol. The van der Waals surface area contributed by atoms with Crippen molar-refractivity contribution in [1.29, 1.82) is 0 Å². The quantitative estimate of drug-likeness (QED) is 0.228. The summed E-state index contributed by atoms with van der Waals surface area (Å²) in [5.41, 5.74) is 12.4. The highest BCUT2D eigenvalue weighted by Crippen LogP contribution is 2.32. The molecule has 0 spiro atoms. The normalized spacial score (nSPS) is 12.5. The number of nitrogens with zero attached hydrogens (tertiary/aromatic N) is 2. The van der Waals surface area contributed by atoms with Crippen molar-refractivity contribution in [2.24, 2.45) is 10.7 Å². The molecule has 4 rings (SSSR count). The second kappa shape index (κ2) is 15.0. The minimum atomic E-state index is -0.124. The van der Waals surface area contributed by atoms with Crippen molar-refractivity contribution >= 4 is 29.4 Å². The molecule has 1 heterocycles. The molecule has 1 aliphatic heterocycles. The third kappa shape index (κ3) is 8.40. The zero-order valence-corrected chi connectivity index (χ0v) is 24.1. The van der Waals surface area contributed by atoms with Crippen LogP contribution < -0.4 is 11.1 Å². The lowest BCUT2D eigenvalue weighted by molar-refractivity contribution is -0.127. The van der Waals surface area contributed by atoms with Gasteiger partial charge in [0.1, 0.15) is 5.84 Å². The fourth-order valence-corrected chi connectivity index (χ4v) is 4.91. The van der Waals surface area contributed by atoms with E-state index in [0.29, 0.717) is 23.4 Å². The summed E-state index contributed by atoms with van der Waals surface area (Å²) in [5.74, 6) is 0.330. The molecule has 0 aromatic heterocycles. The molecule has 6 heteroatoms. The van der Waals surface area contributed by atoms with Crippen molar-refractivity contribution in [3.63, 3.8) is 0 Å². The summed E-state index contributed by atoms with van der Waals surface area (Å²) in [6, 6.07) is 23.9. The molecule has 0 fully saturated rings. The summed E-state index contributed by atoms with van der Waals surface area (Å²) in [7, 11) is 0. The molecule has 0 atom stereocenters. The third-order valence-corrected chi connectivity index (χ3v) is 7.00. The van der Waals surface area contributed by atoms with Gasteiger partial charge in [0.05, 0.1) is 5.69 Å². The first-order valence-electron chi connectivity index (χ1n) is 14.5. The van der Waals surface area contributed by atoms with E-state index in [1.165, 1.54) is 5.56 Å². The van der Waals surface area contributed by atoms with E-state index >= 15 is 0 Å². The van der Waals surface area contributed by atoms with Crippen LogP contribution in [0.15, 0.2) is 83.4 Å². The number of aliphatic imine (C=N–C) groups is 1. The lowest BCUT2D eigenvalue weighted by atomic mass is 9.99. The molecular weight excluding hydrogens is 508 g/mol. The Labute approximate surface area is 244 Å². The number of benzene rings is 3. The second-order valence-electron chi connectivity index (χ2n) is 10.3. The van der Waals surface area contributed by atoms with Gasteiger partial charge < -0.3 is 16.0 Å². The predicted octanol–water partition coefficient (Wildman–Crippen LogP) is 6.90. The summed E-state index contributed by atoms with van der Waals surface area (Å²) < 4.78 is 0. The molecule has 3 aromatic carbocycles. The van der Waals surface area contributed by atoms with Crippen molar-refractivity contribution in [2.75, 3.05) is 13.1 Å². The molecular formula is C35H40N4O2. The zero-order chi connectivity index (χ0) is 29.0. The lowest BCUT2D eigenvalue weighted by Gasteiger charge is -2.22. The SMILES string of the molecule is CCCN(CCC)C(=O)C1=Cc2ccc(-c3ccc(C(=O)N[CH]CC[CH]Cc4ccccc4)cc3)cc2N=C(N)C1. The highest BCUT2D eigenvalue weighted by Gasteiger charge is 2.21. The van der Waals surface area contributed by atoms with Gasteiger partial charge in [-0.15, -0.1) is 0 Å². The van der Waals surface area contributed by atoms with Gasteiger partial charge in [-0.2, -0.15) is 0 Å². The highest BCUT2D eigenvalue weighted by atomic mass is 16.2. The molecule has 0 saturated carbocycles. The van der Waals surface area contributed by atoms with Crippen LogP contribution in [-0.4, -0.2) is 35.6 Å². The van der Waals surface area contributed by atoms with Gasteiger partial charge in [0.25, 0.3) is 5.91 Å². The minimum absolute atomic E-state index is 0.0280. The number of unbranched alkanes of at least 4 members (excludes halogenated alkanes) is 2. The fraction of sp³-hybridized carbons (Fsp3) is 0.286. The first-order valence-corrected chi connectivity index (χ1v) is 14.5. The van der Waals surface area contributed by atoms with E-state index in [0.717, 1.165) is 67.6 Å². The number of amidine groups is 1. The molecule has 0 unspecified atom stereocenters. The topological polar surface area (TPSA) is 87.8 Å². The predicted molar refractivity (Wildman–Crippen MR) is 168 cm³/mol. The number of nitrogens with one attached hydrogen (secondary N) is 1. The molecule has 2 amide bonds. The van der Waals surface area contributed by atoms with E-state index in [9.17, 15) is 9.59 Å². The number of carbonyl (C=O) groups excluding carboxylic acids is 2. The first-order chi connectivity index (χ1) is 20.0. The average Bonchev–Trinajstić information content (AvgIpc) is 3.16. The largest absolute Gasteiger partial charge is 0.387 e. The standard InChI is InChI=1S/C35H40N4O2/c1-3-21-39(22-4-2)35(41)31-23-30-19-18-29(24-32(30)38-33(36)25-31)27-14-16-28(17-15-27)34(40)37-20-10-6-9-13-26-11-7-5-8-12-26/h5,7-9,11-12,14-20,23-24H,3-4,6,10,13,21-22,25H2,1-2H3,(H2,36,38)(H,37,40). The second-order valence-corrected chi connectivity index (χ2v) is 10.3. The van der Waals surface area contributed by atoms with Crippen LogP contribution in [0.1, 0.15) is 67.4 Å². The summed E-state index contributed by atoms with van der Waals surface area (Å²) in [4.78, 5) is 32.4. The summed E-state index contributed by atoms with van der Waals surface area (Å²) in [5, 5.41) is 2.89. The summed E-state index contributed by atoms with van der Waals surface area (Å²) in [6.07, 6.45) is 8.92. The maximum Gasteiger partial charge on any atom is 0.251 e. The Balaban J connectivity index is 1.36. The first kappa shape index (κ1) is 29.8. The zero-order valence-electron chi connectivity index (χ0n) is 24.1. The molecule has 0 saturated heterocycles. The maximum absolute atomic E-state index is 13.2. The molecule has 3 aromatic rings. The van der Waals surface area contributed by atoms with E-state index in [-0.39, 0.29) is 11.8 Å². The Bertz CT molecular complexity index is 1370. The van der Waals surface area contributed by atoms with Gasteiger partial charge in [-0.05, 0) is 79.5 Å². The van der Waals surface area contributed by atoms with Gasteiger partial charge in [0.15, 0.2) is 0 Å². The third-order valence-electron chi connectivity index (χ3n) is 7.00. The fourth-order valence-electron chi connectivity index (χ4n) is 4.91. The van der Waals surface area contributed by atoms with Crippen molar-refractivity contribution in [2.45, 2.75) is 52.4 Å². The van der Waals surface area contributed by atoms with E-state index in [1.54, 1.807) is 0 Å². The number of carbonyl (C=O) groups is 2.